The number of hydrogen-bond acceptors (Lipinski definition) is 3. The van der Waals surface area contributed by atoms with E-state index in [4.69, 9.17) is 9.47 Å². The normalized spacial score (nSPS) is 21.8. The fourth-order valence-corrected chi connectivity index (χ4v) is 2.92. The SMILES string of the molecule is COc1ccc(NC(=O)N2C[C@@H](C)C[C@H](C)C2)c(OC)c1. The van der Waals surface area contributed by atoms with Crippen LogP contribution in [0, 0.1) is 11.8 Å². The van der Waals surface area contributed by atoms with Gasteiger partial charge >= 0.3 is 6.03 Å². The number of hydrogen-bond donors (Lipinski definition) is 1. The summed E-state index contributed by atoms with van der Waals surface area (Å²) in [6.07, 6.45) is 1.18. The first-order chi connectivity index (χ1) is 10.0. The molecule has 0 spiro atoms. The fraction of sp³-hybridized carbons (Fsp3) is 0.562. The van der Waals surface area contributed by atoms with Crippen LogP contribution in [0.5, 0.6) is 11.5 Å². The van der Waals surface area contributed by atoms with Crippen molar-refractivity contribution in [3.8, 4) is 11.5 Å². The molecule has 2 amide bonds. The number of methoxy groups -OCH3 is 2. The highest BCUT2D eigenvalue weighted by Crippen LogP contribution is 2.30. The third kappa shape index (κ3) is 3.80. The second-order valence-corrected chi connectivity index (χ2v) is 5.85. The van der Waals surface area contributed by atoms with E-state index in [0.29, 0.717) is 29.0 Å². The predicted octanol–water partition coefficient (Wildman–Crippen LogP) is 3.21. The first-order valence-electron chi connectivity index (χ1n) is 7.31. The van der Waals surface area contributed by atoms with Crippen LogP contribution in [0.15, 0.2) is 18.2 Å². The van der Waals surface area contributed by atoms with E-state index >= 15 is 0 Å². The van der Waals surface area contributed by atoms with Gasteiger partial charge in [-0.1, -0.05) is 13.8 Å². The molecule has 1 aliphatic heterocycles. The maximum absolute atomic E-state index is 12.4. The Kier molecular flexibility index (Phi) is 4.94. The Balaban J connectivity index is 2.08. The predicted molar refractivity (Wildman–Crippen MR) is 83.1 cm³/mol. The summed E-state index contributed by atoms with van der Waals surface area (Å²) in [5, 5.41) is 2.93. The molecule has 0 bridgehead atoms. The van der Waals surface area contributed by atoms with Crippen LogP contribution in [0.3, 0.4) is 0 Å². The number of nitrogens with zero attached hydrogens (tertiary/aromatic N) is 1. The average molecular weight is 292 g/mol. The highest BCUT2D eigenvalue weighted by molar-refractivity contribution is 5.91. The topological polar surface area (TPSA) is 50.8 Å². The molecule has 0 aliphatic carbocycles. The molecule has 1 N–H and O–H groups in total. The van der Waals surface area contributed by atoms with Crippen molar-refractivity contribution in [1.82, 2.24) is 4.90 Å². The minimum Gasteiger partial charge on any atom is -0.497 e. The summed E-state index contributed by atoms with van der Waals surface area (Å²) in [6.45, 7) is 5.97. The quantitative estimate of drug-likeness (QED) is 0.930. The van der Waals surface area contributed by atoms with Crippen LogP contribution in [0.4, 0.5) is 10.5 Å². The molecule has 5 heteroatoms. The highest BCUT2D eigenvalue weighted by Gasteiger charge is 2.25. The monoisotopic (exact) mass is 292 g/mol. The molecule has 1 aromatic rings. The van der Waals surface area contributed by atoms with Crippen LogP contribution in [0.25, 0.3) is 0 Å². The number of anilines is 1. The summed E-state index contributed by atoms with van der Waals surface area (Å²) in [5.41, 5.74) is 0.661. The minimum absolute atomic E-state index is 0.0723. The molecule has 0 radical (unpaired) electrons. The van der Waals surface area contributed by atoms with E-state index in [2.05, 4.69) is 19.2 Å². The third-order valence-electron chi connectivity index (χ3n) is 3.81. The lowest BCUT2D eigenvalue weighted by Crippen LogP contribution is -2.44. The molecule has 0 unspecified atom stereocenters. The van der Waals surface area contributed by atoms with Crippen LogP contribution >= 0.6 is 0 Å². The Morgan fingerprint density at radius 3 is 2.43 bits per heavy atom. The Hall–Kier alpha value is -1.91. The number of likely N-dealkylation sites (tertiary alicyclic amines) is 1. The lowest BCUT2D eigenvalue weighted by Gasteiger charge is -2.35. The van der Waals surface area contributed by atoms with Gasteiger partial charge in [-0.15, -0.1) is 0 Å². The van der Waals surface area contributed by atoms with E-state index in [0.717, 1.165) is 13.1 Å². The van der Waals surface area contributed by atoms with E-state index in [9.17, 15) is 4.79 Å². The van der Waals surface area contributed by atoms with Gasteiger partial charge in [0.05, 0.1) is 19.9 Å². The number of benzene rings is 1. The van der Waals surface area contributed by atoms with Crippen LogP contribution < -0.4 is 14.8 Å². The number of piperidine rings is 1. The molecule has 0 aromatic heterocycles. The van der Waals surface area contributed by atoms with Crippen molar-refractivity contribution in [2.45, 2.75) is 20.3 Å². The highest BCUT2D eigenvalue weighted by atomic mass is 16.5. The summed E-state index contributed by atoms with van der Waals surface area (Å²) in [5.74, 6) is 2.38. The molecule has 1 fully saturated rings. The number of carbonyl (C=O) groups is 1. The van der Waals surface area contributed by atoms with Gasteiger partial charge in [0, 0.05) is 19.2 Å². The Bertz CT molecular complexity index is 494. The Labute approximate surface area is 126 Å². The molecule has 2 atom stereocenters. The molecule has 5 nitrogen and oxygen atoms in total. The standard InChI is InChI=1S/C16H24N2O3/c1-11-7-12(2)10-18(9-11)16(19)17-14-6-5-13(20-3)8-15(14)21-4/h5-6,8,11-12H,7,9-10H2,1-4H3,(H,17,19)/t11-,12-/m0/s1. The zero-order valence-corrected chi connectivity index (χ0v) is 13.2. The molecule has 1 saturated heterocycles. The molecule has 0 saturated carbocycles. The first-order valence-corrected chi connectivity index (χ1v) is 7.31. The zero-order valence-electron chi connectivity index (χ0n) is 13.2. The number of nitrogens with one attached hydrogen (secondary N) is 1. The van der Waals surface area contributed by atoms with Crippen LogP contribution in [-0.4, -0.2) is 38.2 Å². The van der Waals surface area contributed by atoms with E-state index < -0.39 is 0 Å². The molecule has 21 heavy (non-hydrogen) atoms. The number of ether oxygens (including phenoxy) is 2. The fourth-order valence-electron chi connectivity index (χ4n) is 2.92. The van der Waals surface area contributed by atoms with E-state index in [1.54, 1.807) is 32.4 Å². The lowest BCUT2D eigenvalue weighted by atomic mass is 9.92. The van der Waals surface area contributed by atoms with Gasteiger partial charge < -0.3 is 19.7 Å². The van der Waals surface area contributed by atoms with Crippen molar-refractivity contribution in [3.05, 3.63) is 18.2 Å². The van der Waals surface area contributed by atoms with Crippen molar-refractivity contribution in [2.24, 2.45) is 11.8 Å². The van der Waals surface area contributed by atoms with Crippen molar-refractivity contribution >= 4 is 11.7 Å². The molecular formula is C16H24N2O3. The third-order valence-corrected chi connectivity index (χ3v) is 3.81. The number of urea groups is 1. The summed E-state index contributed by atoms with van der Waals surface area (Å²) in [7, 11) is 3.18. The maximum atomic E-state index is 12.4. The van der Waals surface area contributed by atoms with Crippen LogP contribution in [-0.2, 0) is 0 Å². The summed E-state index contributed by atoms with van der Waals surface area (Å²) < 4.78 is 10.5. The summed E-state index contributed by atoms with van der Waals surface area (Å²) in [4.78, 5) is 14.3. The molecule has 2 rings (SSSR count). The first kappa shape index (κ1) is 15.5. The van der Waals surface area contributed by atoms with E-state index in [-0.39, 0.29) is 6.03 Å². The minimum atomic E-state index is -0.0723. The van der Waals surface area contributed by atoms with Gasteiger partial charge in [-0.25, -0.2) is 4.79 Å². The van der Waals surface area contributed by atoms with Gasteiger partial charge in [0.1, 0.15) is 11.5 Å². The number of amides is 2. The summed E-state index contributed by atoms with van der Waals surface area (Å²) in [6, 6.07) is 5.29. The van der Waals surface area contributed by atoms with Crippen molar-refractivity contribution < 1.29 is 14.3 Å². The van der Waals surface area contributed by atoms with Crippen molar-refractivity contribution in [2.75, 3.05) is 32.6 Å². The number of rotatable bonds is 3. The smallest absolute Gasteiger partial charge is 0.321 e. The molecule has 1 heterocycles. The van der Waals surface area contributed by atoms with Gasteiger partial charge in [-0.2, -0.15) is 0 Å². The van der Waals surface area contributed by atoms with Gasteiger partial charge in [-0.3, -0.25) is 0 Å². The van der Waals surface area contributed by atoms with Crippen molar-refractivity contribution in [1.29, 1.82) is 0 Å². The average Bonchev–Trinajstić information content (AvgIpc) is 2.46. The Morgan fingerprint density at radius 2 is 1.86 bits per heavy atom. The molecular weight excluding hydrogens is 268 g/mol. The van der Waals surface area contributed by atoms with Crippen molar-refractivity contribution in [3.63, 3.8) is 0 Å². The molecule has 1 aliphatic rings. The second-order valence-electron chi connectivity index (χ2n) is 5.85. The molecule has 116 valence electrons. The van der Waals surface area contributed by atoms with Gasteiger partial charge in [-0.05, 0) is 30.4 Å². The Morgan fingerprint density at radius 1 is 1.19 bits per heavy atom. The summed E-state index contributed by atoms with van der Waals surface area (Å²) >= 11 is 0. The van der Waals surface area contributed by atoms with Crippen LogP contribution in [0.1, 0.15) is 20.3 Å². The lowest BCUT2D eigenvalue weighted by molar-refractivity contribution is 0.156. The molecule has 1 aromatic carbocycles. The largest absolute Gasteiger partial charge is 0.497 e. The van der Waals surface area contributed by atoms with Crippen LogP contribution in [0.2, 0.25) is 0 Å². The van der Waals surface area contributed by atoms with Gasteiger partial charge in [0.15, 0.2) is 0 Å². The number of carbonyl (C=O) groups excluding carboxylic acids is 1. The van der Waals surface area contributed by atoms with E-state index in [1.165, 1.54) is 6.42 Å². The maximum Gasteiger partial charge on any atom is 0.321 e. The van der Waals surface area contributed by atoms with Gasteiger partial charge in [0.25, 0.3) is 0 Å². The van der Waals surface area contributed by atoms with Gasteiger partial charge in [0.2, 0.25) is 0 Å². The second kappa shape index (κ2) is 6.70. The van der Waals surface area contributed by atoms with E-state index in [1.807, 2.05) is 4.90 Å². The zero-order chi connectivity index (χ0) is 15.4.